The molecule has 35 nitrogen and oxygen atoms in total. The van der Waals surface area contributed by atoms with E-state index in [1.54, 1.807) is 33.3 Å². The number of aliphatic hydroxyl groups excluding tert-OH is 1. The van der Waals surface area contributed by atoms with Gasteiger partial charge in [-0.05, 0) is 12.8 Å². The van der Waals surface area contributed by atoms with Gasteiger partial charge in [-0.25, -0.2) is 9.59 Å². The van der Waals surface area contributed by atoms with Crippen LogP contribution in [-0.4, -0.2) is 396 Å². The van der Waals surface area contributed by atoms with Gasteiger partial charge in [-0.15, -0.1) is 0 Å². The van der Waals surface area contributed by atoms with Gasteiger partial charge in [0, 0.05) is 155 Å². The summed E-state index contributed by atoms with van der Waals surface area (Å²) in [6.45, 7) is 4.34. The van der Waals surface area contributed by atoms with E-state index in [4.69, 9.17) is 123 Å². The monoisotopic (exact) mass is 1860 g/mol. The van der Waals surface area contributed by atoms with Gasteiger partial charge in [-0.2, -0.15) is 0 Å². The first-order valence-corrected chi connectivity index (χ1v) is 47.5. The number of methoxy groups -OCH3 is 18. The molecule has 0 radical (unpaired) electrons. The summed E-state index contributed by atoms with van der Waals surface area (Å²) in [7, 11) is 30.2. The molecule has 129 heavy (non-hydrogen) atoms. The lowest BCUT2D eigenvalue weighted by atomic mass is 9.86. The lowest BCUT2D eigenvalue weighted by Gasteiger charge is -2.53. The summed E-state index contributed by atoms with van der Waals surface area (Å²) in [6, 6.07) is -3.19. The molecule has 4 rings (SSSR count). The van der Waals surface area contributed by atoms with Crippen molar-refractivity contribution in [3.8, 4) is 0 Å². The largest absolute Gasteiger partial charge is 0.465 e. The molecule has 0 spiro atoms. The third kappa shape index (κ3) is 35.4. The van der Waals surface area contributed by atoms with E-state index in [0.717, 1.165) is 70.5 Å². The van der Waals surface area contributed by atoms with Crippen molar-refractivity contribution in [2.75, 3.05) is 189 Å². The maximum Gasteiger partial charge on any atom is 0.366 e. The Bertz CT molecular complexity index is 2940. The van der Waals surface area contributed by atoms with Crippen LogP contribution in [0, 0.1) is 0 Å². The van der Waals surface area contributed by atoms with Crippen LogP contribution in [0.4, 0.5) is 0 Å². The minimum atomic E-state index is -2.66. The predicted octanol–water partition coefficient (Wildman–Crippen LogP) is 10.3. The Morgan fingerprint density at radius 1 is 0.419 bits per heavy atom. The number of unbranched alkanes of at least 4 members (excludes halogenated alkanes) is 27. The number of hydrogen-bond acceptors (Lipinski definition) is 32. The molecule has 0 saturated carbocycles. The van der Waals surface area contributed by atoms with Crippen LogP contribution in [0.15, 0.2) is 0 Å². The number of aliphatic hydroxyl groups is 1. The van der Waals surface area contributed by atoms with Crippen molar-refractivity contribution in [3.63, 3.8) is 0 Å². The van der Waals surface area contributed by atoms with Gasteiger partial charge in [0.1, 0.15) is 104 Å². The molecule has 0 unspecified atom stereocenters. The standard InChI is InChI=1S/C94H175N3O32/c1-25-27-29-31-33-35-37-38-39-40-41-42-43-45-47-49-51-53-55-68(109-12)88(101)96(5)65(77(113-16)67(108-11)54-52-50-48-46-44-36-34-32-30-28-26-2)58-122-89-86(118-21)84(117-20)81(73(124-89)62-107-10)126-90-87(119-22)85(80(116-19)72(125-90)61-106-9)129-94(92(103)121-24)56-66(99)75(82(128-94)78(114-17)70(111-14)59-104-7)97(6)74(100)63-123-93(91(102)120-23)57-69(110-13)76(95(4)64(3)98)83(127-93)79(115-18)71(112-15)60-105-8/h65-73,75-87,89-90,99H,25-63H2,1-24H3/t65-,66-,67+,68+,69-,70+,71+,72+,73+,75+,76+,77-,78+,79+,80-,81+,82+,83+,84-,85-,86+,87+,89+,90-,93+,94-/m0/s1. The van der Waals surface area contributed by atoms with Gasteiger partial charge in [0.05, 0.1) is 83.7 Å². The molecule has 35 heteroatoms. The van der Waals surface area contributed by atoms with E-state index < -0.39 is 196 Å². The minimum Gasteiger partial charge on any atom is -0.465 e. The van der Waals surface area contributed by atoms with Gasteiger partial charge in [0.25, 0.3) is 17.5 Å². The van der Waals surface area contributed by atoms with E-state index in [2.05, 4.69) is 13.8 Å². The van der Waals surface area contributed by atoms with Gasteiger partial charge < -0.3 is 143 Å². The Morgan fingerprint density at radius 2 is 0.845 bits per heavy atom. The van der Waals surface area contributed by atoms with E-state index in [1.165, 1.54) is 253 Å². The molecule has 0 bridgehead atoms. The number of rotatable bonds is 73. The highest BCUT2D eigenvalue weighted by molar-refractivity contribution is 5.82. The molecule has 758 valence electrons. The third-order valence-electron chi connectivity index (χ3n) is 26.4. The van der Waals surface area contributed by atoms with Gasteiger partial charge in [-0.1, -0.05) is 200 Å². The number of carbonyl (C=O) groups is 5. The fourth-order valence-corrected chi connectivity index (χ4v) is 18.9. The molecule has 0 aliphatic carbocycles. The highest BCUT2D eigenvalue weighted by Gasteiger charge is 2.64. The first kappa shape index (κ1) is 118. The maximum absolute atomic E-state index is 15.2. The van der Waals surface area contributed by atoms with Crippen molar-refractivity contribution < 1.29 is 152 Å². The Hall–Kier alpha value is -3.65. The van der Waals surface area contributed by atoms with E-state index in [-0.39, 0.29) is 44.8 Å². The molecular weight excluding hydrogens is 1680 g/mol. The lowest BCUT2D eigenvalue weighted by Crippen LogP contribution is -2.72. The number of esters is 2. The number of hydrogen-bond donors (Lipinski definition) is 1. The average molecular weight is 1860 g/mol. The molecule has 4 aliphatic heterocycles. The van der Waals surface area contributed by atoms with Crippen molar-refractivity contribution in [3.05, 3.63) is 0 Å². The Balaban J connectivity index is 1.72. The van der Waals surface area contributed by atoms with Crippen LogP contribution < -0.4 is 0 Å². The van der Waals surface area contributed by atoms with Crippen LogP contribution in [0.2, 0.25) is 0 Å². The van der Waals surface area contributed by atoms with Crippen molar-refractivity contribution >= 4 is 29.7 Å². The lowest BCUT2D eigenvalue weighted by molar-refractivity contribution is -0.393. The smallest absolute Gasteiger partial charge is 0.366 e. The van der Waals surface area contributed by atoms with Crippen molar-refractivity contribution in [2.24, 2.45) is 0 Å². The summed E-state index contributed by atoms with van der Waals surface area (Å²) in [5, 5.41) is 13.1. The quantitative estimate of drug-likeness (QED) is 0.0437. The average Bonchev–Trinajstić information content (AvgIpc) is 0.787. The van der Waals surface area contributed by atoms with Crippen LogP contribution in [0.25, 0.3) is 0 Å². The van der Waals surface area contributed by atoms with E-state index in [1.807, 2.05) is 0 Å². The molecule has 0 aromatic rings. The number of ether oxygens (including phenoxy) is 26. The van der Waals surface area contributed by atoms with Gasteiger partial charge >= 0.3 is 11.9 Å². The van der Waals surface area contributed by atoms with Crippen LogP contribution >= 0.6 is 0 Å². The van der Waals surface area contributed by atoms with Gasteiger partial charge in [0.15, 0.2) is 12.6 Å². The van der Waals surface area contributed by atoms with Crippen LogP contribution in [-0.2, 0) is 147 Å². The van der Waals surface area contributed by atoms with E-state index in [0.29, 0.717) is 12.8 Å². The molecular formula is C94H175N3O32. The van der Waals surface area contributed by atoms with E-state index in [9.17, 15) is 14.7 Å². The molecule has 3 amide bonds. The maximum atomic E-state index is 15.2. The summed E-state index contributed by atoms with van der Waals surface area (Å²) in [5.74, 6) is -8.81. The second kappa shape index (κ2) is 66.0. The minimum absolute atomic E-state index is 0.0201. The topological polar surface area (TPSA) is 355 Å². The molecule has 4 aliphatic rings. The van der Waals surface area contributed by atoms with Crippen LogP contribution in [0.1, 0.15) is 233 Å². The fraction of sp³-hybridized carbons (Fsp3) is 0.947. The highest BCUT2D eigenvalue weighted by Crippen LogP contribution is 2.44. The van der Waals surface area contributed by atoms with E-state index >= 15 is 14.4 Å². The molecule has 0 aromatic heterocycles. The second-order valence-electron chi connectivity index (χ2n) is 34.8. The number of carbonyl (C=O) groups excluding carboxylic acids is 5. The third-order valence-corrected chi connectivity index (χ3v) is 26.4. The summed E-state index contributed by atoms with van der Waals surface area (Å²) in [5.41, 5.74) is 0. The first-order valence-electron chi connectivity index (χ1n) is 47.5. The molecule has 4 heterocycles. The van der Waals surface area contributed by atoms with Crippen molar-refractivity contribution in [1.82, 2.24) is 14.7 Å². The van der Waals surface area contributed by atoms with Gasteiger partial charge in [-0.3, -0.25) is 14.4 Å². The Morgan fingerprint density at radius 3 is 1.26 bits per heavy atom. The highest BCUT2D eigenvalue weighted by atomic mass is 16.8. The Kier molecular flexibility index (Phi) is 60.2. The molecule has 4 saturated heterocycles. The Labute approximate surface area is 772 Å². The zero-order valence-electron chi connectivity index (χ0n) is 83.4. The molecule has 1 N–H and O–H groups in total. The summed E-state index contributed by atoms with van der Waals surface area (Å²) >= 11 is 0. The summed E-state index contributed by atoms with van der Waals surface area (Å²) in [4.78, 5) is 77.3. The van der Waals surface area contributed by atoms with Crippen LogP contribution in [0.5, 0.6) is 0 Å². The molecule has 26 atom stereocenters. The van der Waals surface area contributed by atoms with Gasteiger partial charge in [0.2, 0.25) is 11.8 Å². The van der Waals surface area contributed by atoms with Crippen molar-refractivity contribution in [2.45, 2.75) is 391 Å². The SMILES string of the molecule is CCCCCCCCCCCCCCCCCCCC[C@@H](OC)C(=O)N(C)[C@@H](CO[C@@H]1O[C@H](COC)[C@@H](O[C@@H]2O[C@H](COC)[C@H](OC)[C@H](O[C@]3(C(=O)OC)C[C@H](O)[C@@H](N(C)C(=O)CO[C@]4(C(=O)OC)C[C@H](OC)[C@@H](N(C)C(C)=O)[C@H]([C@H](OC)[C@@H](COC)OC)O4)[C@H]([C@H](OC)[C@@H](COC)OC)O3)[C@H]2OC)[C@H](OC)[C@H]1OC)[C@H](OC)[C@@H](CCCCCCCCCCCCC)OC. The first-order chi connectivity index (χ1) is 62.3. The normalized spacial score (nSPS) is 28.0. The molecule has 0 aromatic carbocycles. The molecule has 4 fully saturated rings. The zero-order chi connectivity index (χ0) is 95.4. The number of likely N-dealkylation sites (N-methyl/N-ethyl adjacent to an activating group) is 3. The van der Waals surface area contributed by atoms with Crippen LogP contribution in [0.3, 0.4) is 0 Å². The summed E-state index contributed by atoms with van der Waals surface area (Å²) < 4.78 is 163. The fourth-order valence-electron chi connectivity index (χ4n) is 18.9. The summed E-state index contributed by atoms with van der Waals surface area (Å²) in [6.07, 6.45) is 11.4. The zero-order valence-corrected chi connectivity index (χ0v) is 83.4. The number of nitrogens with zero attached hydrogens (tertiary/aromatic N) is 3. The van der Waals surface area contributed by atoms with Crippen molar-refractivity contribution in [1.29, 1.82) is 0 Å². The second-order valence-corrected chi connectivity index (χ2v) is 34.8. The predicted molar refractivity (Wildman–Crippen MR) is 480 cm³/mol. The number of amides is 3.